The molecular formula is C12H25ClN2O4. The summed E-state index contributed by atoms with van der Waals surface area (Å²) in [4.78, 5) is 2.33. The molecule has 6 nitrogen and oxygen atoms in total. The van der Waals surface area contributed by atoms with Crippen molar-refractivity contribution >= 4 is 0 Å². The fourth-order valence-electron chi connectivity index (χ4n) is 4.06. The van der Waals surface area contributed by atoms with Gasteiger partial charge in [0.15, 0.2) is 0 Å². The van der Waals surface area contributed by atoms with Gasteiger partial charge in [-0.15, -0.1) is 0 Å². The average molecular weight is 297 g/mol. The van der Waals surface area contributed by atoms with Crippen molar-refractivity contribution in [3.63, 3.8) is 0 Å². The number of fused-ring (bicyclic) bond motifs is 2. The van der Waals surface area contributed by atoms with E-state index in [1.54, 1.807) is 0 Å². The summed E-state index contributed by atoms with van der Waals surface area (Å²) in [6.07, 6.45) is 2.68. The highest BCUT2D eigenvalue weighted by atomic mass is 35.7. The van der Waals surface area contributed by atoms with E-state index in [0.29, 0.717) is 22.9 Å². The van der Waals surface area contributed by atoms with Gasteiger partial charge in [-0.25, -0.2) is 0 Å². The van der Waals surface area contributed by atoms with Crippen LogP contribution >= 0.6 is 0 Å². The van der Waals surface area contributed by atoms with Crippen molar-refractivity contribution in [2.24, 2.45) is 22.5 Å². The van der Waals surface area contributed by atoms with Crippen molar-refractivity contribution in [1.82, 2.24) is 4.90 Å². The number of hydrogen-bond acceptors (Lipinski definition) is 6. The summed E-state index contributed by atoms with van der Waals surface area (Å²) in [7, 11) is -0.352. The van der Waals surface area contributed by atoms with Gasteiger partial charge in [0.1, 0.15) is 0 Å². The second-order valence-electron chi connectivity index (χ2n) is 6.66. The summed E-state index contributed by atoms with van der Waals surface area (Å²) in [5, 5.41) is 0. The Labute approximate surface area is 116 Å². The number of nitrogens with two attached hydrogens (primary N) is 1. The van der Waals surface area contributed by atoms with Gasteiger partial charge in [-0.3, -0.25) is 0 Å². The van der Waals surface area contributed by atoms with E-state index in [4.69, 9.17) is 24.4 Å². The normalized spacial score (nSPS) is 40.3. The summed E-state index contributed by atoms with van der Waals surface area (Å²) in [6.45, 7) is 7.21. The van der Waals surface area contributed by atoms with E-state index in [0.717, 1.165) is 5.92 Å². The molecule has 4 unspecified atom stereocenters. The molecule has 0 aromatic heterocycles. The van der Waals surface area contributed by atoms with Gasteiger partial charge in [0.25, 0.3) is 0 Å². The second-order valence-corrected chi connectivity index (χ2v) is 7.45. The molecule has 0 heterocycles. The van der Waals surface area contributed by atoms with Gasteiger partial charge in [0.05, 0.1) is 14.9 Å². The lowest BCUT2D eigenvalue weighted by Crippen LogP contribution is -2.58. The van der Waals surface area contributed by atoms with Crippen LogP contribution in [-0.2, 0) is 0 Å². The van der Waals surface area contributed by atoms with E-state index < -0.39 is 10.2 Å². The number of rotatable bonds is 1. The predicted octanol–water partition coefficient (Wildman–Crippen LogP) is -2.42. The first-order valence-corrected chi connectivity index (χ1v) is 7.64. The first-order chi connectivity index (χ1) is 8.32. The minimum Gasteiger partial charge on any atom is -0.326 e. The molecule has 114 valence electrons. The number of hydrogen-bond donors (Lipinski definition) is 2. The van der Waals surface area contributed by atoms with Crippen LogP contribution in [0, 0.1) is 27.0 Å². The molecule has 2 bridgehead atoms. The van der Waals surface area contributed by atoms with Gasteiger partial charge < -0.3 is 10.6 Å². The van der Waals surface area contributed by atoms with Crippen LogP contribution in [0.2, 0.25) is 0 Å². The molecular weight excluding hydrogens is 272 g/mol. The minimum absolute atomic E-state index is 0.353. The molecule has 19 heavy (non-hydrogen) atoms. The van der Waals surface area contributed by atoms with Crippen LogP contribution < -0.4 is 19.7 Å². The zero-order valence-electron chi connectivity index (χ0n) is 12.2. The highest BCUT2D eigenvalue weighted by molar-refractivity contribution is 5.18. The van der Waals surface area contributed by atoms with Crippen molar-refractivity contribution < 1.29 is 28.9 Å². The maximum Gasteiger partial charge on any atom is 0.0777 e. The molecule has 7 heteroatoms. The first kappa shape index (κ1) is 17.1. The fourth-order valence-corrected chi connectivity index (χ4v) is 4.06. The Balaban J connectivity index is 0.000000312. The molecule has 0 aromatic carbocycles. The van der Waals surface area contributed by atoms with Crippen molar-refractivity contribution in [1.29, 1.82) is 0 Å². The van der Waals surface area contributed by atoms with Crippen LogP contribution in [0.25, 0.3) is 0 Å². The maximum atomic E-state index is 8.60. The van der Waals surface area contributed by atoms with Gasteiger partial charge in [0.2, 0.25) is 0 Å². The van der Waals surface area contributed by atoms with Gasteiger partial charge in [-0.1, -0.05) is 20.8 Å². The van der Waals surface area contributed by atoms with Crippen molar-refractivity contribution in [3.8, 4) is 0 Å². The first-order valence-electron chi connectivity index (χ1n) is 6.37. The molecule has 2 aliphatic rings. The monoisotopic (exact) mass is 296 g/mol. The maximum absolute atomic E-state index is 8.60. The van der Waals surface area contributed by atoms with Crippen LogP contribution in [0.15, 0.2) is 0 Å². The molecule has 3 N–H and O–H groups in total. The molecule has 2 aliphatic carbocycles. The van der Waals surface area contributed by atoms with Gasteiger partial charge >= 0.3 is 0 Å². The highest BCUT2D eigenvalue weighted by Crippen LogP contribution is 2.65. The molecule has 0 saturated heterocycles. The summed E-state index contributed by atoms with van der Waals surface area (Å²) in [6, 6.07) is 0.940. The average Bonchev–Trinajstić information content (AvgIpc) is 2.46. The van der Waals surface area contributed by atoms with Crippen LogP contribution in [0.4, 0.5) is 0 Å². The minimum atomic E-state index is -4.69. The van der Waals surface area contributed by atoms with E-state index in [2.05, 4.69) is 39.8 Å². The van der Waals surface area contributed by atoms with Crippen molar-refractivity contribution in [2.45, 2.75) is 45.7 Å². The molecule has 4 atom stereocenters. The quantitative estimate of drug-likeness (QED) is 0.556. The van der Waals surface area contributed by atoms with Gasteiger partial charge in [-0.05, 0) is 43.7 Å². The number of likely N-dealkylation sites (N-methyl/N-ethyl adjacent to an activating group) is 1. The molecule has 0 aromatic rings. The zero-order valence-corrected chi connectivity index (χ0v) is 13.0. The highest BCUT2D eigenvalue weighted by Gasteiger charge is 2.65. The zero-order chi connectivity index (χ0) is 15.2. The third-order valence-corrected chi connectivity index (χ3v) is 5.49. The predicted molar refractivity (Wildman–Crippen MR) is 62.3 cm³/mol. The smallest absolute Gasteiger partial charge is 0.0777 e. The lowest BCUT2D eigenvalue weighted by atomic mass is 9.69. The Morgan fingerprint density at radius 2 is 1.63 bits per heavy atom. The Kier molecular flexibility index (Phi) is 4.60. The summed E-state index contributed by atoms with van der Waals surface area (Å²) in [5.41, 5.74) is 7.21. The molecule has 0 radical (unpaired) electrons. The fraction of sp³-hybridized carbons (Fsp3) is 1.00. The number of nitrogens with zero attached hydrogens (tertiary/aromatic N) is 1. The Bertz CT molecular complexity index is 326. The Hall–Kier alpha value is 0.0500. The standard InChI is InChI=1S/C12H24N2.ClHO4/c1-11(2)8-6-7-12(11,3)10(13)9(8)14(4)5;2-1(3,4)5/h8-10H,6-7,13H2,1-5H3;(H,2,3,4,5). The van der Waals surface area contributed by atoms with Gasteiger partial charge in [0, 0.05) is 12.1 Å². The van der Waals surface area contributed by atoms with Gasteiger partial charge in [-0.2, -0.15) is 14.0 Å². The van der Waals surface area contributed by atoms with E-state index in [9.17, 15) is 0 Å². The van der Waals surface area contributed by atoms with E-state index in [1.807, 2.05) is 0 Å². The van der Waals surface area contributed by atoms with Crippen LogP contribution in [-0.4, -0.2) is 35.7 Å². The Morgan fingerprint density at radius 3 is 1.84 bits per heavy atom. The Morgan fingerprint density at radius 1 is 1.21 bits per heavy atom. The molecule has 0 amide bonds. The summed E-state index contributed by atoms with van der Waals surface area (Å²) < 4.78 is 32.7. The second kappa shape index (κ2) is 5.11. The molecule has 2 rings (SSSR count). The topological polar surface area (TPSA) is 119 Å². The van der Waals surface area contributed by atoms with Crippen LogP contribution in [0.1, 0.15) is 33.6 Å². The third-order valence-electron chi connectivity index (χ3n) is 5.49. The summed E-state index contributed by atoms with van der Waals surface area (Å²) in [5.74, 6) is 0.789. The molecule has 0 spiro atoms. The largest absolute Gasteiger partial charge is 0.326 e. The molecule has 2 fully saturated rings. The third kappa shape index (κ3) is 3.05. The molecule has 0 aliphatic heterocycles. The van der Waals surface area contributed by atoms with E-state index in [-0.39, 0.29) is 0 Å². The van der Waals surface area contributed by atoms with E-state index >= 15 is 0 Å². The van der Waals surface area contributed by atoms with Crippen molar-refractivity contribution in [3.05, 3.63) is 0 Å². The lowest BCUT2D eigenvalue weighted by molar-refractivity contribution is -1.92. The number of halogens is 1. The van der Waals surface area contributed by atoms with Crippen LogP contribution in [0.5, 0.6) is 0 Å². The van der Waals surface area contributed by atoms with Crippen LogP contribution in [0.3, 0.4) is 0 Å². The SMILES string of the molecule is CN(C)C1C2CCC(C)(C1N)C2(C)C.[O-][Cl+3]([O-])([O-])O. The van der Waals surface area contributed by atoms with Crippen molar-refractivity contribution in [2.75, 3.05) is 14.1 Å². The molecule has 2 saturated carbocycles. The summed E-state index contributed by atoms with van der Waals surface area (Å²) >= 11 is 0. The lowest BCUT2D eigenvalue weighted by Gasteiger charge is -2.39. The van der Waals surface area contributed by atoms with E-state index in [1.165, 1.54) is 12.8 Å².